The molecular formula is C10H18BrNO3S. The van der Waals surface area contributed by atoms with Gasteiger partial charge in [-0.05, 0) is 31.1 Å². The van der Waals surface area contributed by atoms with E-state index < -0.39 is 14.9 Å². The minimum absolute atomic E-state index is 0. The van der Waals surface area contributed by atoms with Gasteiger partial charge in [0.2, 0.25) is 0 Å². The lowest BCUT2D eigenvalue weighted by Gasteiger charge is -2.57. The summed E-state index contributed by atoms with van der Waals surface area (Å²) in [5, 5.41) is 0. The van der Waals surface area contributed by atoms with Crippen molar-refractivity contribution in [2.45, 2.75) is 48.8 Å². The zero-order valence-corrected chi connectivity index (χ0v) is 11.6. The number of quaternary nitrogens is 1. The monoisotopic (exact) mass is 311 g/mol. The van der Waals surface area contributed by atoms with E-state index in [0.717, 1.165) is 19.3 Å². The highest BCUT2D eigenvalue weighted by molar-refractivity contribution is 7.87. The molecular weight excluding hydrogens is 294 g/mol. The fourth-order valence-electron chi connectivity index (χ4n) is 4.67. The van der Waals surface area contributed by atoms with Crippen LogP contribution in [-0.4, -0.2) is 23.3 Å². The van der Waals surface area contributed by atoms with Crippen molar-refractivity contribution in [3.63, 3.8) is 0 Å². The Morgan fingerprint density at radius 2 is 1.62 bits per heavy atom. The van der Waals surface area contributed by atoms with Gasteiger partial charge in [0.15, 0.2) is 0 Å². The van der Waals surface area contributed by atoms with Crippen LogP contribution < -0.4 is 22.7 Å². The summed E-state index contributed by atoms with van der Waals surface area (Å²) in [4.78, 5) is 0. The van der Waals surface area contributed by atoms with Gasteiger partial charge in [-0.2, -0.15) is 8.42 Å². The third-order valence-electron chi connectivity index (χ3n) is 4.68. The maximum atomic E-state index is 11.6. The molecule has 4 aliphatic rings. The minimum Gasteiger partial charge on any atom is -1.00 e. The molecule has 0 aromatic carbocycles. The van der Waals surface area contributed by atoms with Crippen LogP contribution in [-0.2, 0) is 10.1 Å². The van der Waals surface area contributed by atoms with E-state index in [0.29, 0.717) is 31.1 Å². The SMILES string of the molecule is [Br-].[NH3+]C12CC3CC(C1)CC(S(=O)(=O)O)(C3)C2. The van der Waals surface area contributed by atoms with E-state index in [1.807, 2.05) is 0 Å². The lowest BCUT2D eigenvalue weighted by atomic mass is 9.53. The van der Waals surface area contributed by atoms with Gasteiger partial charge in [-0.25, -0.2) is 0 Å². The fourth-order valence-corrected chi connectivity index (χ4v) is 6.05. The van der Waals surface area contributed by atoms with Crippen LogP contribution in [0.4, 0.5) is 0 Å². The Kier molecular flexibility index (Phi) is 2.74. The lowest BCUT2D eigenvalue weighted by molar-refractivity contribution is -0.503. The van der Waals surface area contributed by atoms with Crippen molar-refractivity contribution >= 4 is 10.1 Å². The van der Waals surface area contributed by atoms with Gasteiger partial charge in [0.25, 0.3) is 10.1 Å². The van der Waals surface area contributed by atoms with E-state index in [4.69, 9.17) is 0 Å². The predicted octanol–water partition coefficient (Wildman–Crippen LogP) is -2.79. The molecule has 4 rings (SSSR count). The molecule has 16 heavy (non-hydrogen) atoms. The Hall–Kier alpha value is 0.350. The molecule has 4 N–H and O–H groups in total. The fraction of sp³-hybridized carbons (Fsp3) is 1.00. The zero-order valence-electron chi connectivity index (χ0n) is 9.15. The van der Waals surface area contributed by atoms with Crippen LogP contribution in [0.2, 0.25) is 0 Å². The van der Waals surface area contributed by atoms with Crippen LogP contribution in [0.5, 0.6) is 0 Å². The Balaban J connectivity index is 0.000000963. The Bertz CT molecular complexity index is 394. The summed E-state index contributed by atoms with van der Waals surface area (Å²) in [5.41, 5.74) is 4.14. The number of hydrogen-bond acceptors (Lipinski definition) is 2. The first-order valence-corrected chi connectivity index (χ1v) is 7.08. The molecule has 94 valence electrons. The lowest BCUT2D eigenvalue weighted by Crippen LogP contribution is -3.00. The molecule has 2 unspecified atom stereocenters. The van der Waals surface area contributed by atoms with E-state index >= 15 is 0 Å². The maximum absolute atomic E-state index is 11.6. The molecule has 6 heteroatoms. The van der Waals surface area contributed by atoms with Crippen LogP contribution in [0, 0.1) is 11.8 Å². The highest BCUT2D eigenvalue weighted by Crippen LogP contribution is 2.58. The molecule has 0 spiro atoms. The van der Waals surface area contributed by atoms with Crippen molar-refractivity contribution in [3.8, 4) is 0 Å². The maximum Gasteiger partial charge on any atom is 0.270 e. The summed E-state index contributed by atoms with van der Waals surface area (Å²) in [6.07, 6.45) is 5.17. The molecule has 0 heterocycles. The molecule has 4 aliphatic carbocycles. The summed E-state index contributed by atoms with van der Waals surface area (Å²) in [7, 11) is -3.90. The van der Waals surface area contributed by atoms with Crippen molar-refractivity contribution in [3.05, 3.63) is 0 Å². The second-order valence-corrected chi connectivity index (χ2v) is 7.94. The molecule has 4 nitrogen and oxygen atoms in total. The quantitative estimate of drug-likeness (QED) is 0.514. The first kappa shape index (κ1) is 12.8. The van der Waals surface area contributed by atoms with Gasteiger partial charge in [-0.3, -0.25) is 4.55 Å². The van der Waals surface area contributed by atoms with Gasteiger partial charge < -0.3 is 22.7 Å². The largest absolute Gasteiger partial charge is 1.00 e. The van der Waals surface area contributed by atoms with E-state index in [1.54, 1.807) is 0 Å². The van der Waals surface area contributed by atoms with Crippen LogP contribution in [0.15, 0.2) is 0 Å². The molecule has 2 atom stereocenters. The predicted molar refractivity (Wildman–Crippen MR) is 54.6 cm³/mol. The summed E-state index contributed by atoms with van der Waals surface area (Å²) >= 11 is 0. The van der Waals surface area contributed by atoms with E-state index in [9.17, 15) is 13.0 Å². The average molecular weight is 312 g/mol. The molecule has 0 aliphatic heterocycles. The van der Waals surface area contributed by atoms with Gasteiger partial charge in [0.05, 0.1) is 5.54 Å². The average Bonchev–Trinajstić information content (AvgIpc) is 1.95. The number of hydrogen-bond donors (Lipinski definition) is 2. The first-order chi connectivity index (χ1) is 6.82. The van der Waals surface area contributed by atoms with Gasteiger partial charge in [-0.15, -0.1) is 0 Å². The molecule has 0 radical (unpaired) electrons. The normalized spacial score (nSPS) is 50.1. The van der Waals surface area contributed by atoms with Crippen molar-refractivity contribution in [1.29, 1.82) is 0 Å². The van der Waals surface area contributed by atoms with E-state index in [2.05, 4.69) is 5.73 Å². The number of rotatable bonds is 1. The van der Waals surface area contributed by atoms with Crippen LogP contribution in [0.25, 0.3) is 0 Å². The topological polar surface area (TPSA) is 82.0 Å². The third-order valence-corrected chi connectivity index (χ3v) is 6.25. The Morgan fingerprint density at radius 1 is 1.12 bits per heavy atom. The summed E-state index contributed by atoms with van der Waals surface area (Å²) < 4.78 is 31.7. The minimum atomic E-state index is -3.90. The van der Waals surface area contributed by atoms with Crippen LogP contribution in [0.3, 0.4) is 0 Å². The van der Waals surface area contributed by atoms with Crippen molar-refractivity contribution in [1.82, 2.24) is 0 Å². The Morgan fingerprint density at radius 3 is 2.00 bits per heavy atom. The second kappa shape index (κ2) is 3.43. The smallest absolute Gasteiger partial charge is 0.270 e. The summed E-state index contributed by atoms with van der Waals surface area (Å²) in [5.74, 6) is 0.955. The molecule has 0 aromatic heterocycles. The van der Waals surface area contributed by atoms with Crippen LogP contribution in [0.1, 0.15) is 38.5 Å². The molecule has 4 saturated carbocycles. The zero-order chi connectivity index (χ0) is 10.9. The summed E-state index contributed by atoms with van der Waals surface area (Å²) in [6, 6.07) is 0. The van der Waals surface area contributed by atoms with Crippen molar-refractivity contribution < 1.29 is 35.7 Å². The molecule has 0 aromatic rings. The second-order valence-electron chi connectivity index (χ2n) is 6.12. The Labute approximate surface area is 106 Å². The molecule has 4 fully saturated rings. The van der Waals surface area contributed by atoms with Gasteiger partial charge in [0.1, 0.15) is 4.75 Å². The van der Waals surface area contributed by atoms with Crippen molar-refractivity contribution in [2.75, 3.05) is 0 Å². The summed E-state index contributed by atoms with van der Waals surface area (Å²) in [6.45, 7) is 0. The van der Waals surface area contributed by atoms with E-state index in [-0.39, 0.29) is 22.5 Å². The number of halogens is 1. The standard InChI is InChI=1S/C10H17NO3S.BrH/c11-9-2-7-1-8(3-9)5-10(4-7,6-9)15(12,13)14;/h7-8H,1-6,11H2,(H,12,13,14);1H. The van der Waals surface area contributed by atoms with Crippen molar-refractivity contribution in [2.24, 2.45) is 11.8 Å². The van der Waals surface area contributed by atoms with Crippen LogP contribution >= 0.6 is 0 Å². The molecule has 0 saturated heterocycles. The van der Waals surface area contributed by atoms with E-state index in [1.165, 1.54) is 0 Å². The molecule has 4 bridgehead atoms. The van der Waals surface area contributed by atoms with Gasteiger partial charge in [-0.1, -0.05) is 0 Å². The highest BCUT2D eigenvalue weighted by atomic mass is 79.9. The highest BCUT2D eigenvalue weighted by Gasteiger charge is 2.63. The molecule has 0 amide bonds. The first-order valence-electron chi connectivity index (χ1n) is 5.64. The third kappa shape index (κ3) is 1.65. The van der Waals surface area contributed by atoms with Gasteiger partial charge >= 0.3 is 0 Å². The van der Waals surface area contributed by atoms with Gasteiger partial charge in [0, 0.05) is 19.3 Å².